The van der Waals surface area contributed by atoms with Crippen LogP contribution in [-0.2, 0) is 0 Å². The van der Waals surface area contributed by atoms with Crippen molar-refractivity contribution >= 4 is 32.6 Å². The summed E-state index contributed by atoms with van der Waals surface area (Å²) in [6.45, 7) is 0. The van der Waals surface area contributed by atoms with Crippen molar-refractivity contribution in [3.05, 3.63) is 90.9 Å². The van der Waals surface area contributed by atoms with E-state index in [2.05, 4.69) is 20.4 Å². The molecular weight excluding hydrogens is 382 g/mol. The van der Waals surface area contributed by atoms with E-state index in [-0.39, 0.29) is 5.91 Å². The van der Waals surface area contributed by atoms with Gasteiger partial charge in [-0.15, -0.1) is 0 Å². The van der Waals surface area contributed by atoms with E-state index in [0.29, 0.717) is 16.4 Å². The zero-order valence-corrected chi connectivity index (χ0v) is 16.0. The largest absolute Gasteiger partial charge is 0.298 e. The van der Waals surface area contributed by atoms with Crippen molar-refractivity contribution in [1.82, 2.24) is 19.7 Å². The number of aromatic nitrogens is 4. The number of fused-ring (bicyclic) bond motifs is 1. The lowest BCUT2D eigenvalue weighted by molar-refractivity contribution is 0.102. The number of pyridine rings is 1. The lowest BCUT2D eigenvalue weighted by Gasteiger charge is -2.02. The fourth-order valence-electron chi connectivity index (χ4n) is 3.06. The summed E-state index contributed by atoms with van der Waals surface area (Å²) in [5, 5.41) is 8.13. The summed E-state index contributed by atoms with van der Waals surface area (Å²) in [6.07, 6.45) is 5.13. The molecule has 3 heterocycles. The summed E-state index contributed by atoms with van der Waals surface area (Å²) < 4.78 is 2.73. The van der Waals surface area contributed by atoms with Crippen LogP contribution in [0.15, 0.2) is 85.3 Å². The van der Waals surface area contributed by atoms with E-state index in [1.807, 2.05) is 66.7 Å². The van der Waals surface area contributed by atoms with Crippen LogP contribution >= 0.6 is 11.3 Å². The van der Waals surface area contributed by atoms with Crippen LogP contribution in [0.2, 0.25) is 0 Å². The summed E-state index contributed by atoms with van der Waals surface area (Å²) >= 11 is 1.44. The minimum Gasteiger partial charge on any atom is -0.298 e. The Bertz CT molecular complexity index is 1260. The maximum absolute atomic E-state index is 13.1. The van der Waals surface area contributed by atoms with Gasteiger partial charge in [-0.3, -0.25) is 15.1 Å². The van der Waals surface area contributed by atoms with Gasteiger partial charge >= 0.3 is 0 Å². The number of hydrogen-bond acceptors (Lipinski definition) is 5. The first-order valence-electron chi connectivity index (χ1n) is 9.00. The van der Waals surface area contributed by atoms with Crippen LogP contribution in [-0.4, -0.2) is 25.7 Å². The number of benzene rings is 2. The second-order valence-corrected chi connectivity index (χ2v) is 7.38. The highest BCUT2D eigenvalue weighted by Gasteiger charge is 2.20. The van der Waals surface area contributed by atoms with E-state index in [4.69, 9.17) is 0 Å². The van der Waals surface area contributed by atoms with E-state index in [9.17, 15) is 4.79 Å². The molecule has 140 valence electrons. The molecule has 0 atom stereocenters. The molecule has 0 aliphatic heterocycles. The van der Waals surface area contributed by atoms with Crippen LogP contribution in [0.1, 0.15) is 10.4 Å². The average molecular weight is 397 g/mol. The molecule has 1 amide bonds. The van der Waals surface area contributed by atoms with Gasteiger partial charge in [0.15, 0.2) is 5.13 Å². The van der Waals surface area contributed by atoms with Crippen LogP contribution < -0.4 is 5.32 Å². The molecule has 0 bridgehead atoms. The van der Waals surface area contributed by atoms with Crippen molar-refractivity contribution in [2.75, 3.05) is 5.32 Å². The molecule has 5 aromatic rings. The average Bonchev–Trinajstić information content (AvgIpc) is 3.39. The number of nitrogens with one attached hydrogen (secondary N) is 1. The van der Waals surface area contributed by atoms with E-state index in [1.54, 1.807) is 23.3 Å². The van der Waals surface area contributed by atoms with Crippen molar-refractivity contribution in [2.24, 2.45) is 0 Å². The number of nitrogens with zero attached hydrogens (tertiary/aromatic N) is 4. The van der Waals surface area contributed by atoms with Gasteiger partial charge in [0.05, 0.1) is 21.5 Å². The summed E-state index contributed by atoms with van der Waals surface area (Å²) in [5.74, 6) is -0.259. The number of carbonyl (C=O) groups is 1. The zero-order chi connectivity index (χ0) is 19.6. The van der Waals surface area contributed by atoms with Gasteiger partial charge < -0.3 is 0 Å². The molecule has 0 saturated heterocycles. The molecule has 0 aliphatic rings. The lowest BCUT2D eigenvalue weighted by atomic mass is 10.1. The number of carbonyl (C=O) groups excluding carboxylic acids is 1. The molecule has 29 heavy (non-hydrogen) atoms. The second kappa shape index (κ2) is 7.29. The van der Waals surface area contributed by atoms with Gasteiger partial charge in [0.25, 0.3) is 5.91 Å². The van der Waals surface area contributed by atoms with Gasteiger partial charge in [0.1, 0.15) is 5.69 Å². The predicted octanol–water partition coefficient (Wildman–Crippen LogP) is 4.80. The third-order valence-electron chi connectivity index (χ3n) is 4.43. The number of thiazole rings is 1. The van der Waals surface area contributed by atoms with Crippen LogP contribution in [0.5, 0.6) is 0 Å². The Kier molecular flexibility index (Phi) is 4.34. The fourth-order valence-corrected chi connectivity index (χ4v) is 3.92. The molecule has 0 spiro atoms. The van der Waals surface area contributed by atoms with Crippen molar-refractivity contribution in [3.63, 3.8) is 0 Å². The number of hydrogen-bond donors (Lipinski definition) is 1. The first-order chi connectivity index (χ1) is 14.3. The first-order valence-corrected chi connectivity index (χ1v) is 9.82. The monoisotopic (exact) mass is 397 g/mol. The minimum absolute atomic E-state index is 0.259. The van der Waals surface area contributed by atoms with Crippen molar-refractivity contribution < 1.29 is 4.79 Å². The SMILES string of the molecule is O=C(Nc1nc2ccccc2s1)c1cn(-c2ccccc2)nc1-c1cccnc1. The smallest absolute Gasteiger partial charge is 0.261 e. The third kappa shape index (κ3) is 3.39. The van der Waals surface area contributed by atoms with Gasteiger partial charge in [-0.25, -0.2) is 9.67 Å². The fraction of sp³-hybridized carbons (Fsp3) is 0. The first kappa shape index (κ1) is 17.3. The minimum atomic E-state index is -0.259. The van der Waals surface area contributed by atoms with E-state index in [1.165, 1.54) is 11.3 Å². The van der Waals surface area contributed by atoms with Gasteiger partial charge in [0.2, 0.25) is 0 Å². The number of para-hydroxylation sites is 2. The molecule has 0 saturated carbocycles. The van der Waals surface area contributed by atoms with E-state index >= 15 is 0 Å². The van der Waals surface area contributed by atoms with Gasteiger partial charge in [-0.05, 0) is 36.4 Å². The molecular formula is C22H15N5OS. The topological polar surface area (TPSA) is 72.7 Å². The molecule has 0 fully saturated rings. The van der Waals surface area contributed by atoms with E-state index < -0.39 is 0 Å². The Balaban J connectivity index is 1.55. The van der Waals surface area contributed by atoms with Crippen LogP contribution in [0.3, 0.4) is 0 Å². The summed E-state index contributed by atoms with van der Waals surface area (Å²) in [7, 11) is 0. The molecule has 0 radical (unpaired) electrons. The highest BCUT2D eigenvalue weighted by Crippen LogP contribution is 2.28. The molecule has 5 rings (SSSR count). The second-order valence-electron chi connectivity index (χ2n) is 6.35. The Morgan fingerprint density at radius 2 is 1.79 bits per heavy atom. The zero-order valence-electron chi connectivity index (χ0n) is 15.2. The number of rotatable bonds is 4. The summed E-state index contributed by atoms with van der Waals surface area (Å²) in [5.41, 5.74) is 3.54. The highest BCUT2D eigenvalue weighted by molar-refractivity contribution is 7.22. The highest BCUT2D eigenvalue weighted by atomic mass is 32.1. The molecule has 7 heteroatoms. The normalized spacial score (nSPS) is 10.9. The summed E-state index contributed by atoms with van der Waals surface area (Å²) in [4.78, 5) is 21.8. The predicted molar refractivity (Wildman–Crippen MR) is 114 cm³/mol. The van der Waals surface area contributed by atoms with Crippen LogP contribution in [0.4, 0.5) is 5.13 Å². The Labute approximate surface area is 170 Å². The quantitative estimate of drug-likeness (QED) is 0.473. The maximum Gasteiger partial charge on any atom is 0.261 e. The molecule has 2 aromatic carbocycles. The molecule has 0 aliphatic carbocycles. The standard InChI is InChI=1S/C22H15N5OS/c28-21(25-22-24-18-10-4-5-11-19(18)29-22)17-14-27(16-8-2-1-3-9-16)26-20(17)15-7-6-12-23-13-15/h1-14H,(H,24,25,28). The van der Waals surface area contributed by atoms with Gasteiger partial charge in [-0.1, -0.05) is 41.7 Å². The van der Waals surface area contributed by atoms with Crippen LogP contribution in [0, 0.1) is 0 Å². The van der Waals surface area contributed by atoms with Crippen LogP contribution in [0.25, 0.3) is 27.2 Å². The molecule has 1 N–H and O–H groups in total. The lowest BCUT2D eigenvalue weighted by Crippen LogP contribution is -2.12. The van der Waals surface area contributed by atoms with E-state index in [0.717, 1.165) is 21.5 Å². The molecule has 0 unspecified atom stereocenters. The number of anilines is 1. The molecule has 6 nitrogen and oxygen atoms in total. The Hall–Kier alpha value is -3.84. The van der Waals surface area contributed by atoms with Crippen molar-refractivity contribution in [3.8, 4) is 16.9 Å². The Morgan fingerprint density at radius 1 is 0.966 bits per heavy atom. The summed E-state index contributed by atoms with van der Waals surface area (Å²) in [6, 6.07) is 21.2. The maximum atomic E-state index is 13.1. The Morgan fingerprint density at radius 3 is 2.59 bits per heavy atom. The van der Waals surface area contributed by atoms with Gasteiger partial charge in [-0.2, -0.15) is 5.10 Å². The third-order valence-corrected chi connectivity index (χ3v) is 5.38. The van der Waals surface area contributed by atoms with Gasteiger partial charge in [0, 0.05) is 24.2 Å². The van der Waals surface area contributed by atoms with Crippen molar-refractivity contribution in [2.45, 2.75) is 0 Å². The molecule has 3 aromatic heterocycles. The number of amides is 1. The van der Waals surface area contributed by atoms with Crippen molar-refractivity contribution in [1.29, 1.82) is 0 Å².